The summed E-state index contributed by atoms with van der Waals surface area (Å²) >= 11 is 6.07. The number of piperazine rings is 1. The van der Waals surface area contributed by atoms with Crippen LogP contribution in [0.25, 0.3) is 4.85 Å². The minimum atomic E-state index is -0.553. The fourth-order valence-electron chi connectivity index (χ4n) is 4.09. The topological polar surface area (TPSA) is 70.8 Å². The molecule has 0 spiro atoms. The Morgan fingerprint density at radius 3 is 2.66 bits per heavy atom. The van der Waals surface area contributed by atoms with Gasteiger partial charge in [0.15, 0.2) is 0 Å². The SMILES string of the molecule is [C-]#[N+]c1ccc(OC2CCC(NC(=O)c3cnc(N4CCNCC4)cc3F)CC2)cc1Cl. The van der Waals surface area contributed by atoms with Gasteiger partial charge in [0, 0.05) is 44.5 Å². The maximum Gasteiger partial charge on any atom is 0.256 e. The molecule has 1 aromatic heterocycles. The number of pyridine rings is 1. The zero-order valence-electron chi connectivity index (χ0n) is 17.6. The second kappa shape index (κ2) is 10.2. The van der Waals surface area contributed by atoms with Crippen LogP contribution in [0.4, 0.5) is 15.9 Å². The molecule has 0 unspecified atom stereocenters. The Kier molecular flexibility index (Phi) is 7.08. The summed E-state index contributed by atoms with van der Waals surface area (Å²) < 4.78 is 20.6. The molecule has 9 heteroatoms. The summed E-state index contributed by atoms with van der Waals surface area (Å²) in [6.07, 6.45) is 4.32. The fourth-order valence-corrected chi connectivity index (χ4v) is 4.30. The molecule has 2 fully saturated rings. The highest BCUT2D eigenvalue weighted by atomic mass is 35.5. The number of nitrogens with zero attached hydrogens (tertiary/aromatic N) is 3. The van der Waals surface area contributed by atoms with Gasteiger partial charge in [-0.3, -0.25) is 4.79 Å². The molecule has 0 radical (unpaired) electrons. The summed E-state index contributed by atoms with van der Waals surface area (Å²) in [5.74, 6) is 0.200. The molecule has 2 aliphatic rings. The first-order valence-electron chi connectivity index (χ1n) is 10.8. The van der Waals surface area contributed by atoms with Gasteiger partial charge in [0.2, 0.25) is 5.69 Å². The number of carbonyl (C=O) groups excluding carboxylic acids is 1. The van der Waals surface area contributed by atoms with Crippen LogP contribution in [0, 0.1) is 12.4 Å². The third-order valence-corrected chi connectivity index (χ3v) is 6.18. The standard InChI is InChI=1S/C23H25ClFN5O2/c1-26-21-7-6-17(12-19(21)24)32-16-4-2-15(3-5-16)29-23(31)18-14-28-22(13-20(18)25)30-10-8-27-9-11-30/h6-7,12-16,27H,2-5,8-11H2,(H,29,31). The maximum atomic E-state index is 14.6. The average Bonchev–Trinajstić information content (AvgIpc) is 2.81. The van der Waals surface area contributed by atoms with Crippen LogP contribution < -0.4 is 20.3 Å². The summed E-state index contributed by atoms with van der Waals surface area (Å²) in [4.78, 5) is 22.3. The van der Waals surface area contributed by atoms with Crippen molar-refractivity contribution >= 4 is 29.0 Å². The van der Waals surface area contributed by atoms with Crippen LogP contribution in [0.1, 0.15) is 36.0 Å². The summed E-state index contributed by atoms with van der Waals surface area (Å²) in [5.41, 5.74) is 0.366. The lowest BCUT2D eigenvalue weighted by atomic mass is 9.92. The highest BCUT2D eigenvalue weighted by Crippen LogP contribution is 2.31. The highest BCUT2D eigenvalue weighted by molar-refractivity contribution is 6.33. The van der Waals surface area contributed by atoms with Crippen LogP contribution in [-0.2, 0) is 0 Å². The van der Waals surface area contributed by atoms with Gasteiger partial charge in [-0.1, -0.05) is 17.7 Å². The number of ether oxygens (including phenoxy) is 1. The van der Waals surface area contributed by atoms with Crippen molar-refractivity contribution in [2.24, 2.45) is 0 Å². The lowest BCUT2D eigenvalue weighted by Gasteiger charge is -2.30. The molecule has 0 bridgehead atoms. The Bertz CT molecular complexity index is 1010. The molecule has 1 aliphatic carbocycles. The van der Waals surface area contributed by atoms with Crippen LogP contribution in [0.2, 0.25) is 5.02 Å². The lowest BCUT2D eigenvalue weighted by molar-refractivity contribution is 0.0889. The highest BCUT2D eigenvalue weighted by Gasteiger charge is 2.25. The molecule has 2 aromatic rings. The minimum absolute atomic E-state index is 0.00901. The van der Waals surface area contributed by atoms with Crippen LogP contribution in [0.5, 0.6) is 5.75 Å². The number of rotatable bonds is 5. The van der Waals surface area contributed by atoms with Crippen LogP contribution in [0.3, 0.4) is 0 Å². The van der Waals surface area contributed by atoms with Crippen molar-refractivity contribution in [3.63, 3.8) is 0 Å². The molecule has 2 N–H and O–H groups in total. The summed E-state index contributed by atoms with van der Waals surface area (Å²) in [7, 11) is 0. The first kappa shape index (κ1) is 22.3. The van der Waals surface area contributed by atoms with E-state index in [-0.39, 0.29) is 17.7 Å². The quantitative estimate of drug-likeness (QED) is 0.665. The van der Waals surface area contributed by atoms with E-state index in [2.05, 4.69) is 20.5 Å². The number of carbonyl (C=O) groups is 1. The van der Waals surface area contributed by atoms with Crippen molar-refractivity contribution in [1.82, 2.24) is 15.6 Å². The summed E-state index contributed by atoms with van der Waals surface area (Å²) in [5, 5.41) is 6.55. The molecular weight excluding hydrogens is 433 g/mol. The van der Waals surface area contributed by atoms with Gasteiger partial charge >= 0.3 is 0 Å². The third-order valence-electron chi connectivity index (χ3n) is 5.88. The molecule has 0 atom stereocenters. The first-order valence-corrected chi connectivity index (χ1v) is 11.2. The third kappa shape index (κ3) is 5.29. The number of amides is 1. The van der Waals surface area contributed by atoms with E-state index in [4.69, 9.17) is 22.9 Å². The van der Waals surface area contributed by atoms with Gasteiger partial charge in [-0.2, -0.15) is 0 Å². The van der Waals surface area contributed by atoms with Crippen molar-refractivity contribution < 1.29 is 13.9 Å². The molecule has 1 aromatic carbocycles. The molecule has 1 saturated carbocycles. The van der Waals surface area contributed by atoms with Gasteiger partial charge in [0.05, 0.1) is 23.3 Å². The van der Waals surface area contributed by atoms with Crippen LogP contribution in [0.15, 0.2) is 30.5 Å². The van der Waals surface area contributed by atoms with Crippen LogP contribution >= 0.6 is 11.6 Å². The Labute approximate surface area is 191 Å². The van der Waals surface area contributed by atoms with Crippen molar-refractivity contribution in [2.45, 2.75) is 37.8 Å². The van der Waals surface area contributed by atoms with E-state index in [1.54, 1.807) is 18.2 Å². The van der Waals surface area contributed by atoms with Crippen LogP contribution in [-0.4, -0.2) is 49.2 Å². The van der Waals surface area contributed by atoms with E-state index in [9.17, 15) is 9.18 Å². The number of benzene rings is 1. The van der Waals surface area contributed by atoms with E-state index >= 15 is 0 Å². The Balaban J connectivity index is 1.29. The number of hydrogen-bond acceptors (Lipinski definition) is 5. The predicted molar refractivity (Wildman–Crippen MR) is 121 cm³/mol. The Morgan fingerprint density at radius 2 is 2.00 bits per heavy atom. The molecule has 32 heavy (non-hydrogen) atoms. The van der Waals surface area contributed by atoms with E-state index in [0.717, 1.165) is 51.9 Å². The molecule has 2 heterocycles. The number of anilines is 1. The number of aromatic nitrogens is 1. The van der Waals surface area contributed by atoms with Crippen molar-refractivity contribution in [3.8, 4) is 5.75 Å². The van der Waals surface area contributed by atoms with E-state index in [0.29, 0.717) is 22.3 Å². The summed E-state index contributed by atoms with van der Waals surface area (Å²) in [6, 6.07) is 6.35. The van der Waals surface area contributed by atoms with E-state index < -0.39 is 11.7 Å². The zero-order valence-corrected chi connectivity index (χ0v) is 18.4. The molecule has 1 saturated heterocycles. The van der Waals surface area contributed by atoms with Gasteiger partial charge in [-0.25, -0.2) is 14.2 Å². The van der Waals surface area contributed by atoms with Crippen molar-refractivity contribution in [2.75, 3.05) is 31.1 Å². The second-order valence-corrected chi connectivity index (χ2v) is 8.46. The van der Waals surface area contributed by atoms with Crippen molar-refractivity contribution in [1.29, 1.82) is 0 Å². The minimum Gasteiger partial charge on any atom is -0.490 e. The molecular formula is C23H25ClFN5O2. The largest absolute Gasteiger partial charge is 0.490 e. The number of hydrogen-bond donors (Lipinski definition) is 2. The van der Waals surface area contributed by atoms with Crippen molar-refractivity contribution in [3.05, 3.63) is 58.3 Å². The van der Waals surface area contributed by atoms with Gasteiger partial charge in [0.1, 0.15) is 17.4 Å². The van der Waals surface area contributed by atoms with Gasteiger partial charge < -0.3 is 20.3 Å². The molecule has 7 nitrogen and oxygen atoms in total. The van der Waals surface area contributed by atoms with Gasteiger partial charge in [-0.05, 0) is 37.8 Å². The first-order chi connectivity index (χ1) is 15.5. The lowest BCUT2D eigenvalue weighted by Crippen LogP contribution is -2.44. The smallest absolute Gasteiger partial charge is 0.256 e. The fraction of sp³-hybridized carbons (Fsp3) is 0.435. The average molecular weight is 458 g/mol. The summed E-state index contributed by atoms with van der Waals surface area (Å²) in [6.45, 7) is 10.2. The van der Waals surface area contributed by atoms with Gasteiger partial charge in [-0.15, -0.1) is 0 Å². The molecule has 1 amide bonds. The van der Waals surface area contributed by atoms with E-state index in [1.807, 2.05) is 4.90 Å². The van der Waals surface area contributed by atoms with Gasteiger partial charge in [0.25, 0.3) is 5.91 Å². The van der Waals surface area contributed by atoms with E-state index in [1.165, 1.54) is 12.3 Å². The molecule has 4 rings (SSSR count). The molecule has 1 aliphatic heterocycles. The normalized spacial score (nSPS) is 21.0. The number of nitrogens with one attached hydrogen (secondary N) is 2. The molecule has 168 valence electrons. The monoisotopic (exact) mass is 457 g/mol. The Hall–Kier alpha value is -2.89. The predicted octanol–water partition coefficient (Wildman–Crippen LogP) is 3.95. The zero-order chi connectivity index (χ0) is 22.5. The Morgan fingerprint density at radius 1 is 1.25 bits per heavy atom. The second-order valence-electron chi connectivity index (χ2n) is 8.05. The maximum absolute atomic E-state index is 14.6. The number of halogens is 2.